The highest BCUT2D eigenvalue weighted by Gasteiger charge is 2.38. The van der Waals surface area contributed by atoms with Gasteiger partial charge in [0.25, 0.3) is 0 Å². The Morgan fingerprint density at radius 3 is 1.88 bits per heavy atom. The first-order chi connectivity index (χ1) is 19.6. The summed E-state index contributed by atoms with van der Waals surface area (Å²) >= 11 is 0. The molecular formula is C37H26N2O. The van der Waals surface area contributed by atoms with Crippen LogP contribution in [0, 0.1) is 0 Å². The van der Waals surface area contributed by atoms with E-state index in [1.807, 2.05) is 48.5 Å². The molecule has 2 aromatic heterocycles. The van der Waals surface area contributed by atoms with Crippen LogP contribution >= 0.6 is 0 Å². The Bertz CT molecular complexity index is 2010. The van der Waals surface area contributed by atoms with Gasteiger partial charge in [-0.25, -0.2) is 9.97 Å². The molecule has 2 heterocycles. The molecule has 8 rings (SSSR count). The zero-order chi connectivity index (χ0) is 26.8. The predicted molar refractivity (Wildman–Crippen MR) is 163 cm³/mol. The van der Waals surface area contributed by atoms with Gasteiger partial charge in [-0.15, -0.1) is 0 Å². The summed E-state index contributed by atoms with van der Waals surface area (Å²) < 4.78 is 6.51. The molecule has 3 nitrogen and oxygen atoms in total. The van der Waals surface area contributed by atoms with Crippen molar-refractivity contribution in [3.05, 3.63) is 132 Å². The molecule has 40 heavy (non-hydrogen) atoms. The Morgan fingerprint density at radius 2 is 1.18 bits per heavy atom. The third-order valence-electron chi connectivity index (χ3n) is 8.31. The van der Waals surface area contributed by atoms with E-state index >= 15 is 0 Å². The summed E-state index contributed by atoms with van der Waals surface area (Å²) in [5.41, 5.74) is 11.6. The molecule has 0 bridgehead atoms. The second-order valence-corrected chi connectivity index (χ2v) is 11.0. The normalized spacial score (nSPS) is 13.4. The van der Waals surface area contributed by atoms with Gasteiger partial charge in [0.15, 0.2) is 5.82 Å². The third-order valence-corrected chi connectivity index (χ3v) is 8.31. The number of nitrogens with zero attached hydrogens (tertiary/aromatic N) is 2. The molecule has 0 saturated carbocycles. The van der Waals surface area contributed by atoms with Gasteiger partial charge in [0.2, 0.25) is 0 Å². The van der Waals surface area contributed by atoms with Crippen LogP contribution in [0.3, 0.4) is 0 Å². The van der Waals surface area contributed by atoms with Gasteiger partial charge in [-0.05, 0) is 34.9 Å². The van der Waals surface area contributed by atoms with Crippen molar-refractivity contribution in [1.82, 2.24) is 9.97 Å². The molecule has 0 fully saturated rings. The minimum absolute atomic E-state index is 0.141. The number of benzene rings is 5. The number of hydrogen-bond acceptors (Lipinski definition) is 3. The molecule has 3 heteroatoms. The van der Waals surface area contributed by atoms with Crippen LogP contribution < -0.4 is 0 Å². The smallest absolute Gasteiger partial charge is 0.160 e. The van der Waals surface area contributed by atoms with Crippen LogP contribution in [-0.2, 0) is 5.41 Å². The molecule has 0 amide bonds. The number of aromatic nitrogens is 2. The SMILES string of the molecule is CC1(C)c2ccc(-c3nc(-c4ccccc4)cc(-c4ccccc4)n3)cc2-c2c1ccc1c2oc2ccccc21. The van der Waals surface area contributed by atoms with Gasteiger partial charge in [0.05, 0.1) is 11.4 Å². The summed E-state index contributed by atoms with van der Waals surface area (Å²) in [6, 6.07) is 42.2. The van der Waals surface area contributed by atoms with Crippen molar-refractivity contribution in [2.24, 2.45) is 0 Å². The lowest BCUT2D eigenvalue weighted by Crippen LogP contribution is -2.14. The van der Waals surface area contributed by atoms with Crippen LogP contribution in [0.4, 0.5) is 0 Å². The van der Waals surface area contributed by atoms with Crippen molar-refractivity contribution in [2.75, 3.05) is 0 Å². The zero-order valence-corrected chi connectivity index (χ0v) is 22.3. The Kier molecular flexibility index (Phi) is 4.86. The maximum absolute atomic E-state index is 6.51. The van der Waals surface area contributed by atoms with Gasteiger partial charge in [0.1, 0.15) is 11.2 Å². The first-order valence-electron chi connectivity index (χ1n) is 13.7. The van der Waals surface area contributed by atoms with Gasteiger partial charge < -0.3 is 4.42 Å². The molecule has 0 radical (unpaired) electrons. The van der Waals surface area contributed by atoms with E-state index < -0.39 is 0 Å². The Labute approximate surface area is 232 Å². The highest BCUT2D eigenvalue weighted by atomic mass is 16.3. The quantitative estimate of drug-likeness (QED) is 0.236. The zero-order valence-electron chi connectivity index (χ0n) is 22.3. The lowest BCUT2D eigenvalue weighted by atomic mass is 9.82. The standard InChI is InChI=1S/C37H26N2O/c1-37(2)29-19-17-25(21-28(29)34-30(37)20-18-27-26-15-9-10-16-33(26)40-35(27)34)36-38-31(23-11-5-3-6-12-23)22-32(39-36)24-13-7-4-8-14-24/h3-22H,1-2H3. The van der Waals surface area contributed by atoms with Crippen LogP contribution in [0.2, 0.25) is 0 Å². The van der Waals surface area contributed by atoms with Crippen molar-refractivity contribution in [1.29, 1.82) is 0 Å². The van der Waals surface area contributed by atoms with E-state index in [4.69, 9.17) is 14.4 Å². The van der Waals surface area contributed by atoms with Gasteiger partial charge >= 0.3 is 0 Å². The largest absolute Gasteiger partial charge is 0.455 e. The molecule has 0 N–H and O–H groups in total. The van der Waals surface area contributed by atoms with Crippen LogP contribution in [0.5, 0.6) is 0 Å². The lowest BCUT2D eigenvalue weighted by Gasteiger charge is -2.21. The number of hydrogen-bond donors (Lipinski definition) is 0. The van der Waals surface area contributed by atoms with Crippen LogP contribution in [0.25, 0.3) is 67.0 Å². The van der Waals surface area contributed by atoms with E-state index in [2.05, 4.69) is 86.6 Å². The topological polar surface area (TPSA) is 38.9 Å². The summed E-state index contributed by atoms with van der Waals surface area (Å²) in [6.07, 6.45) is 0. The molecule has 5 aromatic carbocycles. The van der Waals surface area contributed by atoms with Gasteiger partial charge in [-0.1, -0.05) is 117 Å². The summed E-state index contributed by atoms with van der Waals surface area (Å²) in [5.74, 6) is 0.714. The van der Waals surface area contributed by atoms with Gasteiger partial charge in [-0.3, -0.25) is 0 Å². The predicted octanol–water partition coefficient (Wildman–Crippen LogP) is 9.68. The second-order valence-electron chi connectivity index (χ2n) is 11.0. The van der Waals surface area contributed by atoms with E-state index in [0.717, 1.165) is 50.0 Å². The Balaban J connectivity index is 1.37. The fraction of sp³-hybridized carbons (Fsp3) is 0.0811. The fourth-order valence-electron chi connectivity index (χ4n) is 6.25. The summed E-state index contributed by atoms with van der Waals surface area (Å²) in [4.78, 5) is 10.2. The van der Waals surface area contributed by atoms with E-state index in [0.29, 0.717) is 5.82 Å². The summed E-state index contributed by atoms with van der Waals surface area (Å²) in [6.45, 7) is 4.59. The maximum atomic E-state index is 6.51. The van der Waals surface area contributed by atoms with Gasteiger partial charge in [-0.2, -0.15) is 0 Å². The maximum Gasteiger partial charge on any atom is 0.160 e. The second kappa shape index (κ2) is 8.49. The minimum Gasteiger partial charge on any atom is -0.455 e. The number of fused-ring (bicyclic) bond motifs is 7. The molecule has 0 atom stereocenters. The molecular weight excluding hydrogens is 488 g/mol. The van der Waals surface area contributed by atoms with Crippen molar-refractivity contribution >= 4 is 21.9 Å². The summed E-state index contributed by atoms with van der Waals surface area (Å²) in [5, 5.41) is 2.30. The fourth-order valence-corrected chi connectivity index (χ4v) is 6.25. The number of rotatable bonds is 3. The van der Waals surface area contributed by atoms with E-state index in [1.54, 1.807) is 0 Å². The van der Waals surface area contributed by atoms with Crippen LogP contribution in [0.15, 0.2) is 126 Å². The molecule has 0 unspecified atom stereocenters. The minimum atomic E-state index is -0.141. The number of furan rings is 1. The van der Waals surface area contributed by atoms with Crippen molar-refractivity contribution < 1.29 is 4.42 Å². The average molecular weight is 515 g/mol. The highest BCUT2D eigenvalue weighted by Crippen LogP contribution is 2.53. The highest BCUT2D eigenvalue weighted by molar-refractivity contribution is 6.11. The molecule has 1 aliphatic carbocycles. The molecule has 190 valence electrons. The Morgan fingerprint density at radius 1 is 0.550 bits per heavy atom. The molecule has 7 aromatic rings. The van der Waals surface area contributed by atoms with Crippen molar-refractivity contribution in [2.45, 2.75) is 19.3 Å². The van der Waals surface area contributed by atoms with Gasteiger partial charge in [0, 0.05) is 38.4 Å². The first-order valence-corrected chi connectivity index (χ1v) is 13.7. The van der Waals surface area contributed by atoms with Crippen LogP contribution in [-0.4, -0.2) is 9.97 Å². The molecule has 1 aliphatic rings. The number of para-hydroxylation sites is 1. The average Bonchev–Trinajstić information content (AvgIpc) is 3.50. The molecule has 0 saturated heterocycles. The van der Waals surface area contributed by atoms with Crippen molar-refractivity contribution in [3.8, 4) is 45.0 Å². The van der Waals surface area contributed by atoms with Crippen molar-refractivity contribution in [3.63, 3.8) is 0 Å². The van der Waals surface area contributed by atoms with E-state index in [-0.39, 0.29) is 5.41 Å². The first kappa shape index (κ1) is 22.9. The lowest BCUT2D eigenvalue weighted by molar-refractivity contribution is 0.653. The van der Waals surface area contributed by atoms with E-state index in [1.165, 1.54) is 22.3 Å². The molecule has 0 aliphatic heterocycles. The molecule has 0 spiro atoms. The third kappa shape index (κ3) is 3.37. The summed E-state index contributed by atoms with van der Waals surface area (Å²) in [7, 11) is 0. The van der Waals surface area contributed by atoms with Crippen LogP contribution in [0.1, 0.15) is 25.0 Å². The monoisotopic (exact) mass is 514 g/mol. The Hall–Kier alpha value is -5.02. The van der Waals surface area contributed by atoms with E-state index in [9.17, 15) is 0 Å².